The van der Waals surface area contributed by atoms with Crippen molar-refractivity contribution in [1.29, 1.82) is 0 Å². The Morgan fingerprint density at radius 1 is 1.05 bits per heavy atom. The number of benzene rings is 2. The summed E-state index contributed by atoms with van der Waals surface area (Å²) in [5, 5.41) is 9.66. The van der Waals surface area contributed by atoms with Crippen LogP contribution in [0.1, 0.15) is 15.9 Å². The van der Waals surface area contributed by atoms with Crippen molar-refractivity contribution in [2.45, 2.75) is 0 Å². The summed E-state index contributed by atoms with van der Waals surface area (Å²) in [6.07, 6.45) is 3.16. The third-order valence-corrected chi connectivity index (χ3v) is 3.49. The van der Waals surface area contributed by atoms with Gasteiger partial charge in [-0.1, -0.05) is 50.1 Å². The van der Waals surface area contributed by atoms with Gasteiger partial charge in [-0.3, -0.25) is 4.79 Å². The van der Waals surface area contributed by atoms with Crippen molar-refractivity contribution in [3.63, 3.8) is 0 Å². The van der Waals surface area contributed by atoms with E-state index in [2.05, 4.69) is 31.9 Å². The van der Waals surface area contributed by atoms with E-state index >= 15 is 0 Å². The lowest BCUT2D eigenvalue weighted by molar-refractivity contribution is 0.104. The Morgan fingerprint density at radius 2 is 1.79 bits per heavy atom. The summed E-state index contributed by atoms with van der Waals surface area (Å²) in [7, 11) is 0. The van der Waals surface area contributed by atoms with Gasteiger partial charge < -0.3 is 5.11 Å². The summed E-state index contributed by atoms with van der Waals surface area (Å²) in [6.45, 7) is 0. The first kappa shape index (κ1) is 14.0. The van der Waals surface area contributed by atoms with Crippen molar-refractivity contribution in [3.8, 4) is 5.75 Å². The highest BCUT2D eigenvalue weighted by Crippen LogP contribution is 2.23. The van der Waals surface area contributed by atoms with E-state index in [-0.39, 0.29) is 17.1 Å². The Balaban J connectivity index is 2.23. The smallest absolute Gasteiger partial charge is 0.189 e. The first-order valence-corrected chi connectivity index (χ1v) is 7.11. The summed E-state index contributed by atoms with van der Waals surface area (Å²) in [5.41, 5.74) is 1.19. The zero-order valence-electron chi connectivity index (χ0n) is 9.81. The molecule has 0 aromatic heterocycles. The first-order chi connectivity index (χ1) is 9.06. The quantitative estimate of drug-likeness (QED) is 0.611. The van der Waals surface area contributed by atoms with Crippen LogP contribution in [-0.2, 0) is 0 Å². The molecule has 0 atom stereocenters. The molecule has 0 aliphatic rings. The molecular formula is C15H10Br2O2. The molecule has 0 spiro atoms. The Kier molecular flexibility index (Phi) is 4.56. The number of hydrogen-bond acceptors (Lipinski definition) is 2. The zero-order valence-corrected chi connectivity index (χ0v) is 13.0. The van der Waals surface area contributed by atoms with E-state index in [0.29, 0.717) is 0 Å². The van der Waals surface area contributed by atoms with Gasteiger partial charge >= 0.3 is 0 Å². The minimum atomic E-state index is -0.237. The van der Waals surface area contributed by atoms with Crippen molar-refractivity contribution >= 4 is 43.7 Å². The fraction of sp³-hybridized carbons (Fsp3) is 0. The molecule has 0 fully saturated rings. The van der Waals surface area contributed by atoms with Gasteiger partial charge in [0.15, 0.2) is 5.78 Å². The van der Waals surface area contributed by atoms with Crippen molar-refractivity contribution in [3.05, 3.63) is 68.6 Å². The monoisotopic (exact) mass is 380 g/mol. The van der Waals surface area contributed by atoms with Crippen molar-refractivity contribution in [2.75, 3.05) is 0 Å². The number of carbonyl (C=O) groups excluding carboxylic acids is 1. The van der Waals surface area contributed by atoms with Gasteiger partial charge in [0.05, 0.1) is 5.56 Å². The van der Waals surface area contributed by atoms with Crippen LogP contribution < -0.4 is 0 Å². The largest absolute Gasteiger partial charge is 0.507 e. The van der Waals surface area contributed by atoms with Crippen molar-refractivity contribution in [2.24, 2.45) is 0 Å². The molecule has 0 saturated carbocycles. The third kappa shape index (κ3) is 3.78. The average molecular weight is 382 g/mol. The van der Waals surface area contributed by atoms with Crippen LogP contribution in [0.3, 0.4) is 0 Å². The maximum atomic E-state index is 12.0. The number of phenolic OH excluding ortho intramolecular Hbond substituents is 1. The van der Waals surface area contributed by atoms with E-state index in [4.69, 9.17) is 0 Å². The summed E-state index contributed by atoms with van der Waals surface area (Å²) in [5.74, 6) is -0.258. The molecule has 0 radical (unpaired) electrons. The number of hydrogen-bond donors (Lipinski definition) is 1. The Labute approximate surface area is 128 Å². The van der Waals surface area contributed by atoms with E-state index in [1.54, 1.807) is 18.2 Å². The van der Waals surface area contributed by atoms with Gasteiger partial charge in [-0.05, 0) is 42.0 Å². The summed E-state index contributed by atoms with van der Waals surface area (Å²) >= 11 is 6.65. The van der Waals surface area contributed by atoms with E-state index in [9.17, 15) is 9.90 Å². The van der Waals surface area contributed by atoms with Crippen LogP contribution in [0.5, 0.6) is 5.75 Å². The molecule has 0 saturated heterocycles. The van der Waals surface area contributed by atoms with Crippen LogP contribution in [0, 0.1) is 0 Å². The van der Waals surface area contributed by atoms with E-state index in [1.165, 1.54) is 12.1 Å². The number of carbonyl (C=O) groups is 1. The maximum Gasteiger partial charge on any atom is 0.189 e. The number of phenols is 1. The normalized spacial score (nSPS) is 10.8. The highest BCUT2D eigenvalue weighted by molar-refractivity contribution is 9.10. The number of aromatic hydroxyl groups is 1. The molecular weight excluding hydrogens is 372 g/mol. The predicted molar refractivity (Wildman–Crippen MR) is 83.3 cm³/mol. The molecule has 0 heterocycles. The molecule has 1 N–H and O–H groups in total. The fourth-order valence-corrected chi connectivity index (χ4v) is 2.36. The van der Waals surface area contributed by atoms with Gasteiger partial charge in [-0.25, -0.2) is 0 Å². The van der Waals surface area contributed by atoms with Gasteiger partial charge in [-0.15, -0.1) is 0 Å². The van der Waals surface area contributed by atoms with Crippen LogP contribution in [0.15, 0.2) is 57.5 Å². The van der Waals surface area contributed by atoms with Crippen molar-refractivity contribution in [1.82, 2.24) is 0 Å². The Morgan fingerprint density at radius 3 is 2.53 bits per heavy atom. The lowest BCUT2D eigenvalue weighted by Gasteiger charge is -2.01. The molecule has 0 unspecified atom stereocenters. The molecule has 2 aromatic carbocycles. The third-order valence-electron chi connectivity index (χ3n) is 2.50. The zero-order chi connectivity index (χ0) is 13.8. The van der Waals surface area contributed by atoms with Crippen LogP contribution in [0.4, 0.5) is 0 Å². The van der Waals surface area contributed by atoms with Gasteiger partial charge in [0, 0.05) is 8.95 Å². The minimum Gasteiger partial charge on any atom is -0.507 e. The molecule has 2 aromatic rings. The second-order valence-corrected chi connectivity index (χ2v) is 5.75. The lowest BCUT2D eigenvalue weighted by Crippen LogP contribution is -1.94. The van der Waals surface area contributed by atoms with Gasteiger partial charge in [0.25, 0.3) is 0 Å². The minimum absolute atomic E-state index is 0.0212. The molecule has 4 heteroatoms. The topological polar surface area (TPSA) is 37.3 Å². The fourth-order valence-electron chi connectivity index (χ4n) is 1.58. The number of rotatable bonds is 3. The number of allylic oxidation sites excluding steroid dienone is 1. The molecule has 96 valence electrons. The summed E-state index contributed by atoms with van der Waals surface area (Å²) in [6, 6.07) is 12.4. The standard InChI is InChI=1S/C15H10Br2O2/c16-11-3-1-2-10(8-11)4-6-14(18)13-9-12(17)5-7-15(13)19/h1-9,19H/b6-4+. The Bertz CT molecular complexity index is 648. The molecule has 2 rings (SSSR count). The van der Waals surface area contributed by atoms with Crippen LogP contribution in [0.25, 0.3) is 6.08 Å². The number of ketones is 1. The van der Waals surface area contributed by atoms with E-state index in [1.807, 2.05) is 24.3 Å². The summed E-state index contributed by atoms with van der Waals surface area (Å²) < 4.78 is 1.71. The molecule has 0 bridgehead atoms. The summed E-state index contributed by atoms with van der Waals surface area (Å²) in [4.78, 5) is 12.0. The van der Waals surface area contributed by atoms with Crippen LogP contribution in [0.2, 0.25) is 0 Å². The highest BCUT2D eigenvalue weighted by atomic mass is 79.9. The Hall–Kier alpha value is -1.39. The lowest BCUT2D eigenvalue weighted by atomic mass is 10.1. The van der Waals surface area contributed by atoms with Gasteiger partial charge in [-0.2, -0.15) is 0 Å². The maximum absolute atomic E-state index is 12.0. The predicted octanol–water partition coefficient (Wildman–Crippen LogP) is 4.81. The molecule has 0 amide bonds. The average Bonchev–Trinajstić information content (AvgIpc) is 2.39. The molecule has 0 aliphatic carbocycles. The molecule has 2 nitrogen and oxygen atoms in total. The molecule has 19 heavy (non-hydrogen) atoms. The van der Waals surface area contributed by atoms with Gasteiger partial charge in [0.1, 0.15) is 5.75 Å². The van der Waals surface area contributed by atoms with E-state index < -0.39 is 0 Å². The van der Waals surface area contributed by atoms with Crippen LogP contribution in [-0.4, -0.2) is 10.9 Å². The van der Waals surface area contributed by atoms with Crippen molar-refractivity contribution < 1.29 is 9.90 Å². The molecule has 0 aliphatic heterocycles. The van der Waals surface area contributed by atoms with Crippen LogP contribution >= 0.6 is 31.9 Å². The number of halogens is 2. The highest BCUT2D eigenvalue weighted by Gasteiger charge is 2.08. The first-order valence-electron chi connectivity index (χ1n) is 5.53. The van der Waals surface area contributed by atoms with E-state index in [0.717, 1.165) is 14.5 Å². The van der Waals surface area contributed by atoms with Gasteiger partial charge in [0.2, 0.25) is 0 Å². The SMILES string of the molecule is O=C(/C=C/c1cccc(Br)c1)c1cc(Br)ccc1O. The second-order valence-electron chi connectivity index (χ2n) is 3.91. The second kappa shape index (κ2) is 6.17.